The van der Waals surface area contributed by atoms with Crippen LogP contribution in [0.3, 0.4) is 0 Å². The molecule has 0 aliphatic rings. The van der Waals surface area contributed by atoms with Crippen molar-refractivity contribution < 1.29 is 0 Å². The highest BCUT2D eigenvalue weighted by molar-refractivity contribution is 5.44. The van der Waals surface area contributed by atoms with Crippen molar-refractivity contribution in [2.75, 3.05) is 0 Å². The molecule has 0 atom stereocenters. The average molecular weight is 240 g/mol. The predicted octanol–water partition coefficient (Wildman–Crippen LogP) is 1.66. The molecule has 1 N–H and O–H groups in total. The maximum atomic E-state index is 11.5. The molecule has 0 bridgehead atoms. The summed E-state index contributed by atoms with van der Waals surface area (Å²) in [4.78, 5) is 11.5. The molecule has 0 spiro atoms. The second-order valence-electron chi connectivity index (χ2n) is 4.15. The van der Waals surface area contributed by atoms with E-state index < -0.39 is 0 Å². The topological polar surface area (TPSA) is 55.6 Å². The van der Waals surface area contributed by atoms with Crippen molar-refractivity contribution in [2.24, 2.45) is 0 Å². The second-order valence-corrected chi connectivity index (χ2v) is 4.15. The Hall–Kier alpha value is -2.56. The van der Waals surface area contributed by atoms with E-state index in [1.165, 1.54) is 16.5 Å². The van der Waals surface area contributed by atoms with Crippen molar-refractivity contribution in [3.8, 4) is 11.4 Å². The van der Waals surface area contributed by atoms with Crippen LogP contribution in [0, 0.1) is 6.92 Å². The minimum absolute atomic E-state index is 0.240. The SMILES string of the molecule is Cc1ccn(-c2cccc(-n3cn[nH]c3=O)c2)c1. The number of benzene rings is 1. The van der Waals surface area contributed by atoms with Gasteiger partial charge in [-0.3, -0.25) is 0 Å². The first-order valence-corrected chi connectivity index (χ1v) is 5.61. The van der Waals surface area contributed by atoms with E-state index in [4.69, 9.17) is 0 Å². The molecule has 0 saturated carbocycles. The molecule has 5 heteroatoms. The smallest absolute Gasteiger partial charge is 0.324 e. The van der Waals surface area contributed by atoms with Crippen molar-refractivity contribution in [1.82, 2.24) is 19.3 Å². The molecule has 3 aromatic rings. The number of nitrogens with one attached hydrogen (secondary N) is 1. The van der Waals surface area contributed by atoms with E-state index in [1.807, 2.05) is 54.2 Å². The largest absolute Gasteiger partial charge is 0.347 e. The first-order valence-electron chi connectivity index (χ1n) is 5.61. The summed E-state index contributed by atoms with van der Waals surface area (Å²) in [6.45, 7) is 2.04. The van der Waals surface area contributed by atoms with Gasteiger partial charge < -0.3 is 4.57 Å². The van der Waals surface area contributed by atoms with Gasteiger partial charge in [0.25, 0.3) is 0 Å². The van der Waals surface area contributed by atoms with Crippen molar-refractivity contribution >= 4 is 0 Å². The van der Waals surface area contributed by atoms with Crippen LogP contribution in [0.1, 0.15) is 5.56 Å². The monoisotopic (exact) mass is 240 g/mol. The number of aromatic nitrogens is 4. The fourth-order valence-corrected chi connectivity index (χ4v) is 1.90. The Bertz CT molecular complexity index is 735. The molecule has 0 saturated heterocycles. The maximum absolute atomic E-state index is 11.5. The summed E-state index contributed by atoms with van der Waals surface area (Å²) < 4.78 is 3.49. The van der Waals surface area contributed by atoms with Crippen LogP contribution < -0.4 is 5.69 Å². The third kappa shape index (κ3) is 1.75. The summed E-state index contributed by atoms with van der Waals surface area (Å²) in [7, 11) is 0. The molecule has 5 nitrogen and oxygen atoms in total. The van der Waals surface area contributed by atoms with Crippen molar-refractivity contribution in [1.29, 1.82) is 0 Å². The number of hydrogen-bond acceptors (Lipinski definition) is 2. The molecule has 0 radical (unpaired) electrons. The Kier molecular flexibility index (Phi) is 2.37. The van der Waals surface area contributed by atoms with Gasteiger partial charge in [-0.1, -0.05) is 6.07 Å². The Morgan fingerprint density at radius 1 is 1.22 bits per heavy atom. The summed E-state index contributed by atoms with van der Waals surface area (Å²) in [5.41, 5.74) is 2.75. The minimum Gasteiger partial charge on any atom is -0.324 e. The lowest BCUT2D eigenvalue weighted by molar-refractivity contribution is 0.974. The van der Waals surface area contributed by atoms with Crippen LogP contribution in [0.25, 0.3) is 11.4 Å². The normalized spacial score (nSPS) is 10.7. The van der Waals surface area contributed by atoms with Gasteiger partial charge in [-0.15, -0.1) is 0 Å². The molecule has 2 heterocycles. The second kappa shape index (κ2) is 4.03. The van der Waals surface area contributed by atoms with Gasteiger partial charge in [-0.2, -0.15) is 5.10 Å². The molecule has 0 unspecified atom stereocenters. The van der Waals surface area contributed by atoms with E-state index in [2.05, 4.69) is 10.2 Å². The van der Waals surface area contributed by atoms with Gasteiger partial charge in [0.15, 0.2) is 0 Å². The number of aryl methyl sites for hydroxylation is 1. The summed E-state index contributed by atoms with van der Waals surface area (Å²) in [5, 5.41) is 6.10. The zero-order valence-corrected chi connectivity index (χ0v) is 9.87. The Morgan fingerprint density at radius 2 is 2.06 bits per heavy atom. The third-order valence-corrected chi connectivity index (χ3v) is 2.80. The maximum Gasteiger partial charge on any atom is 0.347 e. The summed E-state index contributed by atoms with van der Waals surface area (Å²) in [6.07, 6.45) is 5.51. The third-order valence-electron chi connectivity index (χ3n) is 2.80. The molecular formula is C13H12N4O. The van der Waals surface area contributed by atoms with Crippen LogP contribution in [0.5, 0.6) is 0 Å². The summed E-state index contributed by atoms with van der Waals surface area (Å²) in [6, 6.07) is 9.76. The zero-order chi connectivity index (χ0) is 12.5. The quantitative estimate of drug-likeness (QED) is 0.740. The first-order chi connectivity index (χ1) is 8.74. The van der Waals surface area contributed by atoms with Gasteiger partial charge in [0.2, 0.25) is 0 Å². The minimum atomic E-state index is -0.240. The van der Waals surface area contributed by atoms with Crippen molar-refractivity contribution in [2.45, 2.75) is 6.92 Å². The highest BCUT2D eigenvalue weighted by Crippen LogP contribution is 2.14. The van der Waals surface area contributed by atoms with E-state index in [1.54, 1.807) is 0 Å². The fourth-order valence-electron chi connectivity index (χ4n) is 1.90. The highest BCUT2D eigenvalue weighted by atomic mass is 16.1. The number of nitrogens with zero attached hydrogens (tertiary/aromatic N) is 3. The molecule has 0 amide bonds. The van der Waals surface area contributed by atoms with Crippen LogP contribution >= 0.6 is 0 Å². The van der Waals surface area contributed by atoms with E-state index in [0.29, 0.717) is 0 Å². The lowest BCUT2D eigenvalue weighted by Gasteiger charge is -2.05. The van der Waals surface area contributed by atoms with E-state index >= 15 is 0 Å². The number of H-pyrrole nitrogens is 1. The molecule has 0 fully saturated rings. The molecule has 1 aromatic carbocycles. The van der Waals surface area contributed by atoms with Gasteiger partial charge in [0.05, 0.1) is 5.69 Å². The standard InChI is InChI=1S/C13H12N4O/c1-10-5-6-16(8-10)11-3-2-4-12(7-11)17-9-14-15-13(17)18/h2-9H,1H3,(H,15,18). The van der Waals surface area contributed by atoms with Gasteiger partial charge in [-0.05, 0) is 36.8 Å². The fraction of sp³-hybridized carbons (Fsp3) is 0.0769. The Balaban J connectivity index is 2.10. The molecular weight excluding hydrogens is 228 g/mol. The Labute approximate surface area is 103 Å². The zero-order valence-electron chi connectivity index (χ0n) is 9.87. The van der Waals surface area contributed by atoms with Gasteiger partial charge >= 0.3 is 5.69 Å². The van der Waals surface area contributed by atoms with E-state index in [9.17, 15) is 4.79 Å². The number of aromatic amines is 1. The average Bonchev–Trinajstić information content (AvgIpc) is 2.98. The molecule has 0 aliphatic carbocycles. The molecule has 0 aliphatic heterocycles. The van der Waals surface area contributed by atoms with Crippen molar-refractivity contribution in [3.63, 3.8) is 0 Å². The molecule has 3 rings (SSSR count). The molecule has 18 heavy (non-hydrogen) atoms. The van der Waals surface area contributed by atoms with Crippen LogP contribution in [-0.2, 0) is 0 Å². The van der Waals surface area contributed by atoms with E-state index in [-0.39, 0.29) is 5.69 Å². The van der Waals surface area contributed by atoms with Crippen LogP contribution in [0.15, 0.2) is 53.8 Å². The number of rotatable bonds is 2. The summed E-state index contributed by atoms with van der Waals surface area (Å²) >= 11 is 0. The first kappa shape index (κ1) is 10.6. The van der Waals surface area contributed by atoms with Gasteiger partial charge in [0.1, 0.15) is 6.33 Å². The van der Waals surface area contributed by atoms with Gasteiger partial charge in [-0.25, -0.2) is 14.5 Å². The van der Waals surface area contributed by atoms with Gasteiger partial charge in [0, 0.05) is 18.1 Å². The summed E-state index contributed by atoms with van der Waals surface area (Å²) in [5.74, 6) is 0. The van der Waals surface area contributed by atoms with Crippen LogP contribution in [-0.4, -0.2) is 19.3 Å². The lowest BCUT2D eigenvalue weighted by Crippen LogP contribution is -2.14. The molecule has 2 aromatic heterocycles. The Morgan fingerprint density at radius 3 is 2.72 bits per heavy atom. The van der Waals surface area contributed by atoms with Crippen molar-refractivity contribution in [3.05, 3.63) is 65.1 Å². The van der Waals surface area contributed by atoms with E-state index in [0.717, 1.165) is 11.4 Å². The highest BCUT2D eigenvalue weighted by Gasteiger charge is 2.03. The number of hydrogen-bond donors (Lipinski definition) is 1. The van der Waals surface area contributed by atoms with Crippen LogP contribution in [0.2, 0.25) is 0 Å². The molecule has 90 valence electrons. The lowest BCUT2D eigenvalue weighted by atomic mass is 10.2. The predicted molar refractivity (Wildman–Crippen MR) is 68.2 cm³/mol. The van der Waals surface area contributed by atoms with Crippen LogP contribution in [0.4, 0.5) is 0 Å².